The highest BCUT2D eigenvalue weighted by molar-refractivity contribution is 8.00. The summed E-state index contributed by atoms with van der Waals surface area (Å²) in [6.45, 7) is 0.560. The van der Waals surface area contributed by atoms with Crippen LogP contribution in [0.15, 0.2) is 39.0 Å². The van der Waals surface area contributed by atoms with E-state index in [9.17, 15) is 4.79 Å². The molecule has 3 aromatic rings. The topological polar surface area (TPSA) is 65.1 Å². The Hall–Kier alpha value is -1.67. The molecule has 0 unspecified atom stereocenters. The minimum Gasteiger partial charge on any atom is -0.250 e. The number of thioether (sulfide) groups is 1. The van der Waals surface area contributed by atoms with Crippen molar-refractivity contribution in [3.63, 3.8) is 0 Å². The predicted octanol–water partition coefficient (Wildman–Crippen LogP) is 1.14. The van der Waals surface area contributed by atoms with Gasteiger partial charge in [0, 0.05) is 11.9 Å². The Labute approximate surface area is 110 Å². The molecule has 0 bridgehead atoms. The van der Waals surface area contributed by atoms with Gasteiger partial charge < -0.3 is 0 Å². The normalized spacial score (nSPS) is 11.1. The molecule has 3 heterocycles. The monoisotopic (exact) mass is 279 g/mol. The lowest BCUT2D eigenvalue weighted by atomic mass is 10.5. The summed E-state index contributed by atoms with van der Waals surface area (Å²) in [6.07, 6.45) is 1.72. The van der Waals surface area contributed by atoms with Crippen molar-refractivity contribution >= 4 is 28.7 Å². The van der Waals surface area contributed by atoms with Crippen LogP contribution in [0.5, 0.6) is 0 Å². The van der Waals surface area contributed by atoms with Crippen LogP contribution in [0.3, 0.4) is 0 Å². The van der Waals surface area contributed by atoms with Crippen LogP contribution in [-0.4, -0.2) is 30.1 Å². The third-order valence-electron chi connectivity index (χ3n) is 2.36. The molecule has 0 atom stereocenters. The number of rotatable bonds is 4. The Morgan fingerprint density at radius 3 is 3.11 bits per heavy atom. The molecule has 0 spiro atoms. The Morgan fingerprint density at radius 1 is 1.39 bits per heavy atom. The smallest absolute Gasteiger partial charge is 0.250 e. The standard InChI is InChI=1S/C10H9N5OS2/c16-10-14-4-2-1-3-8(14)13-15(10)5-6-17-9-12-11-7-18-9/h1-4,7H,5-6H2. The molecule has 0 aromatic carbocycles. The van der Waals surface area contributed by atoms with Crippen molar-refractivity contribution in [2.75, 3.05) is 5.75 Å². The van der Waals surface area contributed by atoms with Crippen LogP contribution in [0.25, 0.3) is 5.65 Å². The van der Waals surface area contributed by atoms with E-state index >= 15 is 0 Å². The zero-order valence-electron chi connectivity index (χ0n) is 9.26. The summed E-state index contributed by atoms with van der Waals surface area (Å²) in [5.41, 5.74) is 2.26. The number of fused-ring (bicyclic) bond motifs is 1. The van der Waals surface area contributed by atoms with Gasteiger partial charge in [0.2, 0.25) is 0 Å². The fourth-order valence-corrected chi connectivity index (χ4v) is 3.03. The van der Waals surface area contributed by atoms with E-state index in [1.807, 2.05) is 18.2 Å². The highest BCUT2D eigenvalue weighted by Gasteiger charge is 2.06. The van der Waals surface area contributed by atoms with E-state index in [1.165, 1.54) is 20.4 Å². The second-order valence-corrected chi connectivity index (χ2v) is 5.66. The third kappa shape index (κ3) is 2.16. The molecule has 0 amide bonds. The Bertz CT molecular complexity index is 702. The number of hydrogen-bond acceptors (Lipinski definition) is 6. The maximum Gasteiger partial charge on any atom is 0.350 e. The van der Waals surface area contributed by atoms with Gasteiger partial charge in [0.15, 0.2) is 9.99 Å². The quantitative estimate of drug-likeness (QED) is 0.670. The average molecular weight is 279 g/mol. The fourth-order valence-electron chi connectivity index (χ4n) is 1.56. The number of pyridine rings is 1. The zero-order chi connectivity index (χ0) is 12.4. The van der Waals surface area contributed by atoms with Crippen LogP contribution in [0, 0.1) is 0 Å². The van der Waals surface area contributed by atoms with Crippen molar-refractivity contribution in [2.24, 2.45) is 0 Å². The molecule has 18 heavy (non-hydrogen) atoms. The number of aromatic nitrogens is 5. The molecule has 8 heteroatoms. The van der Waals surface area contributed by atoms with E-state index in [1.54, 1.807) is 23.5 Å². The van der Waals surface area contributed by atoms with Crippen molar-refractivity contribution in [2.45, 2.75) is 10.9 Å². The van der Waals surface area contributed by atoms with E-state index in [4.69, 9.17) is 0 Å². The summed E-state index contributed by atoms with van der Waals surface area (Å²) < 4.78 is 3.92. The summed E-state index contributed by atoms with van der Waals surface area (Å²) in [5.74, 6) is 0.749. The second-order valence-electron chi connectivity index (χ2n) is 3.49. The lowest BCUT2D eigenvalue weighted by molar-refractivity contribution is 0.639. The van der Waals surface area contributed by atoms with Crippen molar-refractivity contribution in [1.82, 2.24) is 24.4 Å². The van der Waals surface area contributed by atoms with Gasteiger partial charge in [-0.25, -0.2) is 9.48 Å². The number of nitrogens with zero attached hydrogens (tertiary/aromatic N) is 5. The van der Waals surface area contributed by atoms with Crippen molar-refractivity contribution in [1.29, 1.82) is 0 Å². The summed E-state index contributed by atoms with van der Waals surface area (Å²) in [6, 6.07) is 5.49. The maximum absolute atomic E-state index is 11.9. The van der Waals surface area contributed by atoms with E-state index < -0.39 is 0 Å². The molecule has 0 N–H and O–H groups in total. The van der Waals surface area contributed by atoms with E-state index in [0.29, 0.717) is 12.2 Å². The maximum atomic E-state index is 11.9. The van der Waals surface area contributed by atoms with Crippen LogP contribution < -0.4 is 5.69 Å². The van der Waals surface area contributed by atoms with E-state index in [-0.39, 0.29) is 5.69 Å². The minimum absolute atomic E-state index is 0.108. The first kappa shape index (κ1) is 11.4. The zero-order valence-corrected chi connectivity index (χ0v) is 10.9. The van der Waals surface area contributed by atoms with Gasteiger partial charge in [-0.1, -0.05) is 29.2 Å². The third-order valence-corrected chi connectivity index (χ3v) is 4.20. The highest BCUT2D eigenvalue weighted by Crippen LogP contribution is 2.18. The van der Waals surface area contributed by atoms with Crippen LogP contribution in [-0.2, 0) is 6.54 Å². The summed E-state index contributed by atoms with van der Waals surface area (Å²) in [5, 5.41) is 11.9. The first-order valence-corrected chi connectivity index (χ1v) is 7.14. The minimum atomic E-state index is -0.108. The molecule has 0 saturated heterocycles. The molecule has 92 valence electrons. The van der Waals surface area contributed by atoms with Crippen LogP contribution in [0.2, 0.25) is 0 Å². The van der Waals surface area contributed by atoms with Crippen LogP contribution in [0.4, 0.5) is 0 Å². The molecule has 0 aliphatic carbocycles. The van der Waals surface area contributed by atoms with Crippen molar-refractivity contribution in [3.8, 4) is 0 Å². The molecule has 0 fully saturated rings. The van der Waals surface area contributed by atoms with Gasteiger partial charge in [-0.05, 0) is 12.1 Å². The molecule has 0 radical (unpaired) electrons. The molecule has 3 rings (SSSR count). The summed E-state index contributed by atoms with van der Waals surface area (Å²) in [4.78, 5) is 11.9. The summed E-state index contributed by atoms with van der Waals surface area (Å²) in [7, 11) is 0. The van der Waals surface area contributed by atoms with Gasteiger partial charge in [-0.3, -0.25) is 4.40 Å². The van der Waals surface area contributed by atoms with E-state index in [0.717, 1.165) is 10.1 Å². The summed E-state index contributed by atoms with van der Waals surface area (Å²) >= 11 is 3.07. The molecular formula is C10H9N5OS2. The predicted molar refractivity (Wildman–Crippen MR) is 70.1 cm³/mol. The van der Waals surface area contributed by atoms with Crippen LogP contribution >= 0.6 is 23.1 Å². The first-order valence-electron chi connectivity index (χ1n) is 5.28. The average Bonchev–Trinajstić information content (AvgIpc) is 3.00. The highest BCUT2D eigenvalue weighted by atomic mass is 32.2. The molecule has 0 saturated carbocycles. The number of aryl methyl sites for hydroxylation is 1. The Balaban J connectivity index is 1.75. The van der Waals surface area contributed by atoms with Gasteiger partial charge in [0.05, 0.1) is 6.54 Å². The van der Waals surface area contributed by atoms with Gasteiger partial charge in [0.1, 0.15) is 5.51 Å². The Morgan fingerprint density at radius 2 is 2.33 bits per heavy atom. The van der Waals surface area contributed by atoms with Gasteiger partial charge >= 0.3 is 5.69 Å². The Kier molecular flexibility index (Phi) is 3.11. The largest absolute Gasteiger partial charge is 0.350 e. The van der Waals surface area contributed by atoms with Crippen molar-refractivity contribution in [3.05, 3.63) is 40.4 Å². The van der Waals surface area contributed by atoms with Gasteiger partial charge in [-0.15, -0.1) is 15.3 Å². The molecule has 0 aliphatic heterocycles. The van der Waals surface area contributed by atoms with Crippen molar-refractivity contribution < 1.29 is 0 Å². The molecule has 0 aliphatic rings. The molecule has 3 aromatic heterocycles. The molecule has 6 nitrogen and oxygen atoms in total. The second kappa shape index (κ2) is 4.91. The fraction of sp³-hybridized carbons (Fsp3) is 0.200. The van der Waals surface area contributed by atoms with Gasteiger partial charge in [-0.2, -0.15) is 0 Å². The van der Waals surface area contributed by atoms with E-state index in [2.05, 4.69) is 15.3 Å². The SMILES string of the molecule is O=c1n(CCSc2nncs2)nc2ccccn12. The lowest BCUT2D eigenvalue weighted by Gasteiger charge is -1.96. The van der Waals surface area contributed by atoms with Gasteiger partial charge in [0.25, 0.3) is 0 Å². The number of hydrogen-bond donors (Lipinski definition) is 0. The van der Waals surface area contributed by atoms with Crippen LogP contribution in [0.1, 0.15) is 0 Å². The lowest BCUT2D eigenvalue weighted by Crippen LogP contribution is -2.21. The molecular weight excluding hydrogens is 270 g/mol. The first-order chi connectivity index (χ1) is 8.84.